The van der Waals surface area contributed by atoms with Crippen molar-refractivity contribution in [1.29, 1.82) is 5.26 Å². The summed E-state index contributed by atoms with van der Waals surface area (Å²) < 4.78 is 10.9. The van der Waals surface area contributed by atoms with Crippen LogP contribution in [-0.4, -0.2) is 49.5 Å². The van der Waals surface area contributed by atoms with Crippen LogP contribution < -0.4 is 0 Å². The van der Waals surface area contributed by atoms with Gasteiger partial charge in [0.25, 0.3) is 0 Å². The normalized spacial score (nSPS) is 34.9. The Hall–Kier alpha value is -0.630. The smallest absolute Gasteiger partial charge is 0.0983 e. The van der Waals surface area contributed by atoms with E-state index in [0.717, 1.165) is 6.42 Å². The Morgan fingerprint density at radius 1 is 1.29 bits per heavy atom. The van der Waals surface area contributed by atoms with Crippen molar-refractivity contribution >= 4 is 0 Å². The summed E-state index contributed by atoms with van der Waals surface area (Å²) in [6, 6.07) is 2.96. The standard InChI is InChI=1S/C10H16N2O2/c1-2-8(3-11)12-9-4-13-6-10(12)7-14-5-9/h8-10H,2,4-7H2,1H3. The van der Waals surface area contributed by atoms with E-state index < -0.39 is 0 Å². The Bertz CT molecular complexity index is 217. The zero-order chi connectivity index (χ0) is 9.97. The van der Waals surface area contributed by atoms with Crippen molar-refractivity contribution in [1.82, 2.24) is 4.90 Å². The van der Waals surface area contributed by atoms with Crippen LogP contribution in [0.3, 0.4) is 0 Å². The SMILES string of the molecule is CCC(C#N)N1C2COCC1COC2. The Balaban J connectivity index is 2.12. The summed E-state index contributed by atoms with van der Waals surface area (Å²) >= 11 is 0. The fourth-order valence-corrected chi connectivity index (χ4v) is 2.30. The zero-order valence-corrected chi connectivity index (χ0v) is 8.48. The first-order valence-electron chi connectivity index (χ1n) is 5.19. The average molecular weight is 196 g/mol. The summed E-state index contributed by atoms with van der Waals surface area (Å²) in [5, 5.41) is 9.06. The van der Waals surface area contributed by atoms with Crippen LogP contribution in [0, 0.1) is 11.3 Å². The van der Waals surface area contributed by atoms with Crippen molar-refractivity contribution in [2.75, 3.05) is 26.4 Å². The molecule has 14 heavy (non-hydrogen) atoms. The summed E-state index contributed by atoms with van der Waals surface area (Å²) in [6.45, 7) is 4.87. The molecule has 0 aromatic carbocycles. The molecule has 2 aliphatic rings. The molecule has 2 aliphatic heterocycles. The van der Waals surface area contributed by atoms with Gasteiger partial charge in [-0.1, -0.05) is 6.92 Å². The quantitative estimate of drug-likeness (QED) is 0.641. The summed E-state index contributed by atoms with van der Waals surface area (Å²) in [5.41, 5.74) is 0. The Kier molecular flexibility index (Phi) is 3.02. The van der Waals surface area contributed by atoms with Gasteiger partial charge in [-0.3, -0.25) is 4.90 Å². The summed E-state index contributed by atoms with van der Waals surface area (Å²) in [4.78, 5) is 2.28. The molecule has 78 valence electrons. The molecule has 2 saturated heterocycles. The predicted molar refractivity (Wildman–Crippen MR) is 50.7 cm³/mol. The highest BCUT2D eigenvalue weighted by Crippen LogP contribution is 2.23. The average Bonchev–Trinajstić information content (AvgIpc) is 2.19. The van der Waals surface area contributed by atoms with Gasteiger partial charge >= 0.3 is 0 Å². The van der Waals surface area contributed by atoms with Crippen LogP contribution in [0.1, 0.15) is 13.3 Å². The van der Waals surface area contributed by atoms with E-state index in [1.54, 1.807) is 0 Å². The fraction of sp³-hybridized carbons (Fsp3) is 0.900. The molecule has 4 heteroatoms. The molecule has 0 N–H and O–H groups in total. The van der Waals surface area contributed by atoms with E-state index in [-0.39, 0.29) is 18.1 Å². The summed E-state index contributed by atoms with van der Waals surface area (Å²) in [7, 11) is 0. The van der Waals surface area contributed by atoms with Gasteiger partial charge in [-0.05, 0) is 6.42 Å². The molecule has 0 amide bonds. The molecular weight excluding hydrogens is 180 g/mol. The van der Waals surface area contributed by atoms with Crippen LogP contribution in [0.15, 0.2) is 0 Å². The van der Waals surface area contributed by atoms with Crippen LogP contribution in [0.2, 0.25) is 0 Å². The number of ether oxygens (including phenoxy) is 2. The van der Waals surface area contributed by atoms with Crippen molar-refractivity contribution in [3.8, 4) is 6.07 Å². The molecule has 2 bridgehead atoms. The lowest BCUT2D eigenvalue weighted by molar-refractivity contribution is -0.145. The maximum absolute atomic E-state index is 9.06. The first kappa shape index (κ1) is 9.91. The second-order valence-electron chi connectivity index (χ2n) is 3.88. The molecule has 4 nitrogen and oxygen atoms in total. The minimum Gasteiger partial charge on any atom is -0.378 e. The number of hydrogen-bond donors (Lipinski definition) is 0. The molecule has 0 aliphatic carbocycles. The van der Waals surface area contributed by atoms with Crippen molar-refractivity contribution < 1.29 is 9.47 Å². The van der Waals surface area contributed by atoms with E-state index in [1.807, 2.05) is 0 Å². The van der Waals surface area contributed by atoms with E-state index in [2.05, 4.69) is 17.9 Å². The highest BCUT2D eigenvalue weighted by Gasteiger charge is 2.38. The molecule has 1 atom stereocenters. The second-order valence-corrected chi connectivity index (χ2v) is 3.88. The van der Waals surface area contributed by atoms with Crippen molar-refractivity contribution in [2.45, 2.75) is 31.5 Å². The Labute approximate surface area is 84.4 Å². The molecule has 0 aromatic rings. The van der Waals surface area contributed by atoms with Gasteiger partial charge in [0.15, 0.2) is 0 Å². The van der Waals surface area contributed by atoms with Crippen LogP contribution in [-0.2, 0) is 9.47 Å². The second kappa shape index (κ2) is 4.26. The van der Waals surface area contributed by atoms with Gasteiger partial charge in [-0.2, -0.15) is 5.26 Å². The first-order chi connectivity index (χ1) is 6.86. The van der Waals surface area contributed by atoms with Crippen LogP contribution >= 0.6 is 0 Å². The van der Waals surface area contributed by atoms with Gasteiger partial charge in [0.05, 0.1) is 50.6 Å². The summed E-state index contributed by atoms with van der Waals surface area (Å²) in [6.07, 6.45) is 0.878. The lowest BCUT2D eigenvalue weighted by atomic mass is 10.0. The first-order valence-corrected chi connectivity index (χ1v) is 5.19. The maximum atomic E-state index is 9.06. The largest absolute Gasteiger partial charge is 0.378 e. The molecule has 0 aromatic heterocycles. The monoisotopic (exact) mass is 196 g/mol. The number of morpholine rings is 2. The van der Waals surface area contributed by atoms with Gasteiger partial charge in [0.2, 0.25) is 0 Å². The lowest BCUT2D eigenvalue weighted by Crippen LogP contribution is -2.62. The number of fused-ring (bicyclic) bond motifs is 2. The Morgan fingerprint density at radius 3 is 2.14 bits per heavy atom. The number of rotatable bonds is 2. The third-order valence-electron chi connectivity index (χ3n) is 2.98. The molecule has 1 unspecified atom stereocenters. The molecule has 2 fully saturated rings. The van der Waals surface area contributed by atoms with Crippen LogP contribution in [0.4, 0.5) is 0 Å². The lowest BCUT2D eigenvalue weighted by Gasteiger charge is -2.47. The van der Waals surface area contributed by atoms with E-state index >= 15 is 0 Å². The molecule has 0 saturated carbocycles. The zero-order valence-electron chi connectivity index (χ0n) is 8.48. The molecule has 2 heterocycles. The number of nitrogens with zero attached hydrogens (tertiary/aromatic N) is 2. The third kappa shape index (κ3) is 1.63. The van der Waals surface area contributed by atoms with Gasteiger partial charge in [0.1, 0.15) is 0 Å². The predicted octanol–water partition coefficient (Wildman–Crippen LogP) is 0.388. The van der Waals surface area contributed by atoms with Crippen LogP contribution in [0.25, 0.3) is 0 Å². The topological polar surface area (TPSA) is 45.5 Å². The highest BCUT2D eigenvalue weighted by molar-refractivity contribution is 4.99. The van der Waals surface area contributed by atoms with Crippen molar-refractivity contribution in [3.63, 3.8) is 0 Å². The van der Waals surface area contributed by atoms with Gasteiger partial charge in [0, 0.05) is 0 Å². The van der Waals surface area contributed by atoms with E-state index in [4.69, 9.17) is 14.7 Å². The number of hydrogen-bond acceptors (Lipinski definition) is 4. The van der Waals surface area contributed by atoms with Crippen molar-refractivity contribution in [3.05, 3.63) is 0 Å². The third-order valence-corrected chi connectivity index (χ3v) is 2.98. The minimum atomic E-state index is 0.0257. The maximum Gasteiger partial charge on any atom is 0.0983 e. The fourth-order valence-electron chi connectivity index (χ4n) is 2.30. The van der Waals surface area contributed by atoms with Crippen molar-refractivity contribution in [2.24, 2.45) is 0 Å². The number of nitriles is 1. The van der Waals surface area contributed by atoms with E-state index in [0.29, 0.717) is 26.4 Å². The minimum absolute atomic E-state index is 0.0257. The molecular formula is C10H16N2O2. The van der Waals surface area contributed by atoms with E-state index in [1.165, 1.54) is 0 Å². The molecule has 2 rings (SSSR count). The summed E-state index contributed by atoms with van der Waals surface area (Å²) in [5.74, 6) is 0. The van der Waals surface area contributed by atoms with Gasteiger partial charge in [-0.15, -0.1) is 0 Å². The molecule has 0 radical (unpaired) electrons. The van der Waals surface area contributed by atoms with E-state index in [9.17, 15) is 0 Å². The Morgan fingerprint density at radius 2 is 1.79 bits per heavy atom. The highest BCUT2D eigenvalue weighted by atomic mass is 16.5. The van der Waals surface area contributed by atoms with Crippen LogP contribution in [0.5, 0.6) is 0 Å². The van der Waals surface area contributed by atoms with Gasteiger partial charge < -0.3 is 9.47 Å². The molecule has 0 spiro atoms. The van der Waals surface area contributed by atoms with Gasteiger partial charge in [-0.25, -0.2) is 0 Å².